The molecule has 5 heteroatoms. The lowest BCUT2D eigenvalue weighted by Gasteiger charge is -2.26. The smallest absolute Gasteiger partial charge is 0.137 e. The van der Waals surface area contributed by atoms with Crippen LogP contribution in [0.4, 0.5) is 0 Å². The van der Waals surface area contributed by atoms with E-state index in [1.807, 2.05) is 6.07 Å². The van der Waals surface area contributed by atoms with Crippen molar-refractivity contribution in [2.75, 3.05) is 39.5 Å². The summed E-state index contributed by atoms with van der Waals surface area (Å²) in [5.74, 6) is 0.743. The molecule has 0 bridgehead atoms. The zero-order valence-electron chi connectivity index (χ0n) is 10.7. The quantitative estimate of drug-likeness (QED) is 0.842. The van der Waals surface area contributed by atoms with Gasteiger partial charge in [0.15, 0.2) is 0 Å². The SMILES string of the molecule is CC(O)c1ccc(OCCN2CCOCC2)cn1. The summed E-state index contributed by atoms with van der Waals surface area (Å²) >= 11 is 0. The van der Waals surface area contributed by atoms with Crippen LogP contribution in [0.15, 0.2) is 18.3 Å². The first-order chi connectivity index (χ1) is 8.75. The van der Waals surface area contributed by atoms with Gasteiger partial charge in [-0.25, -0.2) is 0 Å². The summed E-state index contributed by atoms with van der Waals surface area (Å²) < 4.78 is 10.9. The Hall–Kier alpha value is -1.17. The molecule has 1 fully saturated rings. The Morgan fingerprint density at radius 2 is 2.22 bits per heavy atom. The summed E-state index contributed by atoms with van der Waals surface area (Å²) in [6.07, 6.45) is 1.12. The Labute approximate surface area is 107 Å². The fourth-order valence-corrected chi connectivity index (χ4v) is 1.84. The molecule has 1 atom stereocenters. The molecule has 1 N–H and O–H groups in total. The minimum Gasteiger partial charge on any atom is -0.491 e. The third kappa shape index (κ3) is 3.94. The van der Waals surface area contributed by atoms with Gasteiger partial charge >= 0.3 is 0 Å². The number of hydrogen-bond acceptors (Lipinski definition) is 5. The van der Waals surface area contributed by atoms with Crippen molar-refractivity contribution in [3.8, 4) is 5.75 Å². The van der Waals surface area contributed by atoms with Crippen LogP contribution in [-0.2, 0) is 4.74 Å². The van der Waals surface area contributed by atoms with Crippen molar-refractivity contribution in [3.63, 3.8) is 0 Å². The first kappa shape index (κ1) is 13.3. The molecule has 1 aliphatic rings. The average Bonchev–Trinajstić information content (AvgIpc) is 2.40. The lowest BCUT2D eigenvalue weighted by Crippen LogP contribution is -2.38. The summed E-state index contributed by atoms with van der Waals surface area (Å²) in [5, 5.41) is 9.34. The minimum absolute atomic E-state index is 0.535. The predicted octanol–water partition coefficient (Wildman–Crippen LogP) is 0.846. The second-order valence-electron chi connectivity index (χ2n) is 4.40. The van der Waals surface area contributed by atoms with E-state index in [1.54, 1.807) is 19.2 Å². The monoisotopic (exact) mass is 252 g/mol. The first-order valence-electron chi connectivity index (χ1n) is 6.32. The molecule has 2 rings (SSSR count). The van der Waals surface area contributed by atoms with E-state index in [0.717, 1.165) is 38.6 Å². The van der Waals surface area contributed by atoms with Gasteiger partial charge < -0.3 is 14.6 Å². The van der Waals surface area contributed by atoms with Gasteiger partial charge in [0.25, 0.3) is 0 Å². The maximum absolute atomic E-state index is 9.34. The molecule has 0 aliphatic carbocycles. The molecule has 2 heterocycles. The number of pyridine rings is 1. The van der Waals surface area contributed by atoms with E-state index < -0.39 is 6.10 Å². The Balaban J connectivity index is 1.72. The number of aromatic nitrogens is 1. The fourth-order valence-electron chi connectivity index (χ4n) is 1.84. The summed E-state index contributed by atoms with van der Waals surface area (Å²) in [4.78, 5) is 6.46. The molecule has 5 nitrogen and oxygen atoms in total. The van der Waals surface area contributed by atoms with Gasteiger partial charge in [0.2, 0.25) is 0 Å². The molecular formula is C13H20N2O3. The number of hydrogen-bond donors (Lipinski definition) is 1. The van der Waals surface area contributed by atoms with Gasteiger partial charge in [-0.1, -0.05) is 0 Å². The first-order valence-corrected chi connectivity index (χ1v) is 6.32. The number of nitrogens with zero attached hydrogens (tertiary/aromatic N) is 2. The third-order valence-electron chi connectivity index (χ3n) is 2.97. The van der Waals surface area contributed by atoms with Gasteiger partial charge in [-0.2, -0.15) is 0 Å². The molecule has 1 aromatic heterocycles. The molecule has 1 saturated heterocycles. The van der Waals surface area contributed by atoms with Crippen molar-refractivity contribution in [2.24, 2.45) is 0 Å². The molecule has 0 aromatic carbocycles. The van der Waals surface area contributed by atoms with Crippen LogP contribution in [0.25, 0.3) is 0 Å². The molecule has 0 amide bonds. The third-order valence-corrected chi connectivity index (χ3v) is 2.97. The summed E-state index contributed by atoms with van der Waals surface area (Å²) in [6.45, 7) is 6.82. The van der Waals surface area contributed by atoms with Crippen LogP contribution in [-0.4, -0.2) is 54.4 Å². The van der Waals surface area contributed by atoms with E-state index >= 15 is 0 Å². The summed E-state index contributed by atoms with van der Waals surface area (Å²) in [6, 6.07) is 3.63. The van der Waals surface area contributed by atoms with Gasteiger partial charge in [-0.3, -0.25) is 9.88 Å². The number of rotatable bonds is 5. The largest absolute Gasteiger partial charge is 0.491 e. The molecular weight excluding hydrogens is 232 g/mol. The van der Waals surface area contributed by atoms with Crippen LogP contribution < -0.4 is 4.74 Å². The second kappa shape index (κ2) is 6.68. The van der Waals surface area contributed by atoms with Gasteiger partial charge in [0.05, 0.1) is 31.2 Å². The van der Waals surface area contributed by atoms with E-state index in [0.29, 0.717) is 12.3 Å². The van der Waals surface area contributed by atoms with Gasteiger partial charge in [-0.05, 0) is 19.1 Å². The van der Waals surface area contributed by atoms with Crippen molar-refractivity contribution >= 4 is 0 Å². The van der Waals surface area contributed by atoms with Crippen LogP contribution in [0.1, 0.15) is 18.7 Å². The van der Waals surface area contributed by atoms with E-state index in [2.05, 4.69) is 9.88 Å². The van der Waals surface area contributed by atoms with Crippen molar-refractivity contribution in [3.05, 3.63) is 24.0 Å². The van der Waals surface area contributed by atoms with Crippen LogP contribution >= 0.6 is 0 Å². The molecule has 0 saturated carbocycles. The number of aliphatic hydroxyl groups excluding tert-OH is 1. The van der Waals surface area contributed by atoms with Crippen LogP contribution in [0.2, 0.25) is 0 Å². The zero-order valence-corrected chi connectivity index (χ0v) is 10.7. The zero-order chi connectivity index (χ0) is 12.8. The highest BCUT2D eigenvalue weighted by Gasteiger charge is 2.09. The second-order valence-corrected chi connectivity index (χ2v) is 4.40. The molecule has 1 aromatic rings. The Morgan fingerprint density at radius 1 is 1.44 bits per heavy atom. The highest BCUT2D eigenvalue weighted by molar-refractivity contribution is 5.20. The van der Waals surface area contributed by atoms with E-state index in [4.69, 9.17) is 9.47 Å². The lowest BCUT2D eigenvalue weighted by molar-refractivity contribution is 0.0322. The highest BCUT2D eigenvalue weighted by Crippen LogP contribution is 2.13. The van der Waals surface area contributed by atoms with E-state index in [9.17, 15) is 5.11 Å². The van der Waals surface area contributed by atoms with Gasteiger partial charge in [0.1, 0.15) is 12.4 Å². The molecule has 1 unspecified atom stereocenters. The lowest BCUT2D eigenvalue weighted by atomic mass is 10.2. The van der Waals surface area contributed by atoms with Crippen LogP contribution in [0.5, 0.6) is 5.75 Å². The van der Waals surface area contributed by atoms with E-state index in [1.165, 1.54) is 0 Å². The Morgan fingerprint density at radius 3 is 2.83 bits per heavy atom. The summed E-state index contributed by atoms with van der Waals surface area (Å²) in [7, 11) is 0. The molecule has 0 spiro atoms. The number of aliphatic hydroxyl groups is 1. The van der Waals surface area contributed by atoms with Crippen molar-refractivity contribution in [1.82, 2.24) is 9.88 Å². The average molecular weight is 252 g/mol. The van der Waals surface area contributed by atoms with E-state index in [-0.39, 0.29) is 0 Å². The van der Waals surface area contributed by atoms with Crippen molar-refractivity contribution in [1.29, 1.82) is 0 Å². The van der Waals surface area contributed by atoms with Crippen LogP contribution in [0.3, 0.4) is 0 Å². The maximum atomic E-state index is 9.34. The van der Waals surface area contributed by atoms with Crippen LogP contribution in [0, 0.1) is 0 Å². The van der Waals surface area contributed by atoms with Gasteiger partial charge in [-0.15, -0.1) is 0 Å². The molecule has 1 aliphatic heterocycles. The highest BCUT2D eigenvalue weighted by atomic mass is 16.5. The molecule has 18 heavy (non-hydrogen) atoms. The molecule has 100 valence electrons. The minimum atomic E-state index is -0.535. The Bertz CT molecular complexity index is 348. The summed E-state index contributed by atoms with van der Waals surface area (Å²) in [5.41, 5.74) is 0.663. The van der Waals surface area contributed by atoms with Gasteiger partial charge in [0, 0.05) is 19.6 Å². The topological polar surface area (TPSA) is 54.8 Å². The molecule has 0 radical (unpaired) electrons. The fraction of sp³-hybridized carbons (Fsp3) is 0.615. The normalized spacial score (nSPS) is 18.6. The predicted molar refractivity (Wildman–Crippen MR) is 67.6 cm³/mol. The Kier molecular flexibility index (Phi) is 4.92. The standard InChI is InChI=1S/C13H20N2O3/c1-11(16)13-3-2-12(10-14-13)18-9-6-15-4-7-17-8-5-15/h2-3,10-11,16H,4-9H2,1H3. The van der Waals surface area contributed by atoms with Crippen molar-refractivity contribution < 1.29 is 14.6 Å². The van der Waals surface area contributed by atoms with Crippen molar-refractivity contribution in [2.45, 2.75) is 13.0 Å². The maximum Gasteiger partial charge on any atom is 0.137 e. The number of ether oxygens (including phenoxy) is 2. The number of morpholine rings is 1.